The predicted octanol–water partition coefficient (Wildman–Crippen LogP) is 1.14. The second-order valence-electron chi connectivity index (χ2n) is 4.48. The van der Waals surface area contributed by atoms with Crippen LogP contribution in [0.3, 0.4) is 0 Å². The summed E-state index contributed by atoms with van der Waals surface area (Å²) in [6.07, 6.45) is 1.06. The monoisotopic (exact) mass is 250 g/mol. The van der Waals surface area contributed by atoms with E-state index in [1.807, 2.05) is 0 Å². The molecule has 18 heavy (non-hydrogen) atoms. The van der Waals surface area contributed by atoms with Crippen molar-refractivity contribution in [3.05, 3.63) is 35.1 Å². The quantitative estimate of drug-likeness (QED) is 0.827. The Kier molecular flexibility index (Phi) is 3.60. The number of halogens is 1. The standard InChI is InChI=1S/C13H15FN2O2/c1-8-6-9(2-4-11(8)14)13(18)16-10-3-5-12(17)15-7-10/h2,4,6,10H,3,5,7H2,1H3,(H,15,17)(H,16,18)/t10-/m0/s1. The number of benzene rings is 1. The molecule has 1 aliphatic heterocycles. The molecule has 0 aliphatic carbocycles. The van der Waals surface area contributed by atoms with E-state index in [2.05, 4.69) is 10.6 Å². The van der Waals surface area contributed by atoms with Crippen LogP contribution in [0.15, 0.2) is 18.2 Å². The van der Waals surface area contributed by atoms with Crippen LogP contribution in [0.4, 0.5) is 4.39 Å². The number of carbonyl (C=O) groups excluding carboxylic acids is 2. The second-order valence-corrected chi connectivity index (χ2v) is 4.48. The topological polar surface area (TPSA) is 58.2 Å². The van der Waals surface area contributed by atoms with E-state index in [1.54, 1.807) is 6.92 Å². The minimum atomic E-state index is -0.323. The Morgan fingerprint density at radius 1 is 1.50 bits per heavy atom. The van der Waals surface area contributed by atoms with E-state index < -0.39 is 0 Å². The molecule has 1 aromatic carbocycles. The van der Waals surface area contributed by atoms with Gasteiger partial charge < -0.3 is 10.6 Å². The summed E-state index contributed by atoms with van der Waals surface area (Å²) in [5, 5.41) is 5.52. The van der Waals surface area contributed by atoms with E-state index in [9.17, 15) is 14.0 Å². The molecular weight excluding hydrogens is 235 g/mol. The predicted molar refractivity (Wildman–Crippen MR) is 64.6 cm³/mol. The third-order valence-electron chi connectivity index (χ3n) is 3.02. The van der Waals surface area contributed by atoms with Crippen molar-refractivity contribution in [3.63, 3.8) is 0 Å². The van der Waals surface area contributed by atoms with E-state index in [1.165, 1.54) is 18.2 Å². The van der Waals surface area contributed by atoms with Gasteiger partial charge in [0, 0.05) is 24.6 Å². The molecule has 2 N–H and O–H groups in total. The number of hydrogen-bond acceptors (Lipinski definition) is 2. The fraction of sp³-hybridized carbons (Fsp3) is 0.385. The highest BCUT2D eigenvalue weighted by Crippen LogP contribution is 2.10. The average Bonchev–Trinajstić information content (AvgIpc) is 2.35. The Balaban J connectivity index is 1.99. The first-order valence-electron chi connectivity index (χ1n) is 5.90. The van der Waals surface area contributed by atoms with Gasteiger partial charge in [0.15, 0.2) is 0 Å². The molecule has 0 radical (unpaired) electrons. The van der Waals surface area contributed by atoms with E-state index in [0.29, 0.717) is 30.5 Å². The molecule has 0 aromatic heterocycles. The van der Waals surface area contributed by atoms with Gasteiger partial charge in [0.1, 0.15) is 5.82 Å². The summed E-state index contributed by atoms with van der Waals surface area (Å²) < 4.78 is 13.1. The number of aryl methyl sites for hydroxylation is 1. The first kappa shape index (κ1) is 12.5. The zero-order chi connectivity index (χ0) is 13.1. The first-order chi connectivity index (χ1) is 8.56. The van der Waals surface area contributed by atoms with Gasteiger partial charge in [0.05, 0.1) is 0 Å². The highest BCUT2D eigenvalue weighted by atomic mass is 19.1. The summed E-state index contributed by atoms with van der Waals surface area (Å²) in [5.74, 6) is -0.547. The zero-order valence-corrected chi connectivity index (χ0v) is 10.1. The van der Waals surface area contributed by atoms with Crippen LogP contribution in [-0.2, 0) is 4.79 Å². The molecule has 1 saturated heterocycles. The maximum Gasteiger partial charge on any atom is 0.251 e. The van der Waals surface area contributed by atoms with Gasteiger partial charge in [0.2, 0.25) is 5.91 Å². The number of rotatable bonds is 2. The van der Waals surface area contributed by atoms with Crippen molar-refractivity contribution in [2.75, 3.05) is 6.54 Å². The minimum absolute atomic E-state index is 0.0122. The van der Waals surface area contributed by atoms with Crippen LogP contribution in [0.5, 0.6) is 0 Å². The molecule has 1 atom stereocenters. The summed E-state index contributed by atoms with van der Waals surface area (Å²) in [5.41, 5.74) is 0.880. The van der Waals surface area contributed by atoms with Gasteiger partial charge in [-0.2, -0.15) is 0 Å². The molecule has 2 amide bonds. The molecular formula is C13H15FN2O2. The van der Waals surface area contributed by atoms with E-state index in [4.69, 9.17) is 0 Å². The Labute approximate surface area is 105 Å². The third-order valence-corrected chi connectivity index (χ3v) is 3.02. The third kappa shape index (κ3) is 2.85. The van der Waals surface area contributed by atoms with Crippen molar-refractivity contribution >= 4 is 11.8 Å². The molecule has 0 spiro atoms. The minimum Gasteiger partial charge on any atom is -0.354 e. The summed E-state index contributed by atoms with van der Waals surface area (Å²) >= 11 is 0. The highest BCUT2D eigenvalue weighted by Gasteiger charge is 2.20. The fourth-order valence-electron chi connectivity index (χ4n) is 1.91. The molecule has 0 unspecified atom stereocenters. The van der Waals surface area contributed by atoms with Gasteiger partial charge in [0.25, 0.3) is 5.91 Å². The van der Waals surface area contributed by atoms with Crippen LogP contribution in [-0.4, -0.2) is 24.4 Å². The Hall–Kier alpha value is -1.91. The average molecular weight is 250 g/mol. The number of piperidine rings is 1. The van der Waals surface area contributed by atoms with Crippen LogP contribution < -0.4 is 10.6 Å². The lowest BCUT2D eigenvalue weighted by Gasteiger charge is -2.23. The molecule has 1 aromatic rings. The molecule has 5 heteroatoms. The van der Waals surface area contributed by atoms with E-state index in [0.717, 1.165) is 0 Å². The number of hydrogen-bond donors (Lipinski definition) is 2. The Morgan fingerprint density at radius 3 is 2.89 bits per heavy atom. The van der Waals surface area contributed by atoms with E-state index >= 15 is 0 Å². The second kappa shape index (κ2) is 5.16. The van der Waals surface area contributed by atoms with Gasteiger partial charge in [-0.15, -0.1) is 0 Å². The molecule has 1 fully saturated rings. The van der Waals surface area contributed by atoms with Crippen LogP contribution in [0.1, 0.15) is 28.8 Å². The van der Waals surface area contributed by atoms with Crippen molar-refractivity contribution < 1.29 is 14.0 Å². The van der Waals surface area contributed by atoms with Crippen LogP contribution in [0.25, 0.3) is 0 Å². The smallest absolute Gasteiger partial charge is 0.251 e. The van der Waals surface area contributed by atoms with Crippen molar-refractivity contribution in [2.45, 2.75) is 25.8 Å². The lowest BCUT2D eigenvalue weighted by molar-refractivity contribution is -0.122. The normalized spacial score (nSPS) is 19.2. The summed E-state index contributed by atoms with van der Waals surface area (Å²) in [4.78, 5) is 22.9. The summed E-state index contributed by atoms with van der Waals surface area (Å²) in [6.45, 7) is 2.07. The van der Waals surface area contributed by atoms with Gasteiger partial charge in [-0.1, -0.05) is 0 Å². The molecule has 96 valence electrons. The molecule has 2 rings (SSSR count). The largest absolute Gasteiger partial charge is 0.354 e. The summed E-state index contributed by atoms with van der Waals surface area (Å²) in [7, 11) is 0. The lowest BCUT2D eigenvalue weighted by atomic mass is 10.1. The Morgan fingerprint density at radius 2 is 2.28 bits per heavy atom. The number of nitrogens with one attached hydrogen (secondary N) is 2. The lowest BCUT2D eigenvalue weighted by Crippen LogP contribution is -2.47. The van der Waals surface area contributed by atoms with Crippen molar-refractivity contribution in [1.29, 1.82) is 0 Å². The van der Waals surface area contributed by atoms with Gasteiger partial charge in [-0.05, 0) is 37.1 Å². The fourth-order valence-corrected chi connectivity index (χ4v) is 1.91. The zero-order valence-electron chi connectivity index (χ0n) is 10.1. The Bertz CT molecular complexity index is 478. The van der Waals surface area contributed by atoms with Crippen molar-refractivity contribution in [1.82, 2.24) is 10.6 Å². The number of amides is 2. The highest BCUT2D eigenvalue weighted by molar-refractivity contribution is 5.94. The molecule has 0 bridgehead atoms. The molecule has 1 aliphatic rings. The van der Waals surface area contributed by atoms with Crippen molar-refractivity contribution in [3.8, 4) is 0 Å². The first-order valence-corrected chi connectivity index (χ1v) is 5.90. The van der Waals surface area contributed by atoms with Crippen molar-refractivity contribution in [2.24, 2.45) is 0 Å². The van der Waals surface area contributed by atoms with E-state index in [-0.39, 0.29) is 23.7 Å². The maximum atomic E-state index is 13.1. The van der Waals surface area contributed by atoms with Gasteiger partial charge in [-0.3, -0.25) is 9.59 Å². The molecule has 1 heterocycles. The van der Waals surface area contributed by atoms with Crippen LogP contribution >= 0.6 is 0 Å². The van der Waals surface area contributed by atoms with Crippen LogP contribution in [0, 0.1) is 12.7 Å². The SMILES string of the molecule is Cc1cc(C(=O)N[C@H]2CCC(=O)NC2)ccc1F. The molecule has 4 nitrogen and oxygen atoms in total. The molecule has 0 saturated carbocycles. The van der Waals surface area contributed by atoms with Crippen LogP contribution in [0.2, 0.25) is 0 Å². The summed E-state index contributed by atoms with van der Waals surface area (Å²) in [6, 6.07) is 4.21. The van der Waals surface area contributed by atoms with Gasteiger partial charge >= 0.3 is 0 Å². The maximum absolute atomic E-state index is 13.1. The number of carbonyl (C=O) groups is 2. The van der Waals surface area contributed by atoms with Gasteiger partial charge in [-0.25, -0.2) is 4.39 Å².